The van der Waals surface area contributed by atoms with Gasteiger partial charge in [0.2, 0.25) is 11.8 Å². The van der Waals surface area contributed by atoms with E-state index >= 15 is 0 Å². The summed E-state index contributed by atoms with van der Waals surface area (Å²) in [5, 5.41) is 8.68. The molecule has 3 rings (SSSR count). The Bertz CT molecular complexity index is 1020. The van der Waals surface area contributed by atoms with Crippen LogP contribution in [0.5, 0.6) is 0 Å². The van der Waals surface area contributed by atoms with Gasteiger partial charge in [0.25, 0.3) is 0 Å². The Morgan fingerprint density at radius 1 is 1.00 bits per heavy atom. The second-order valence-corrected chi connectivity index (χ2v) is 8.87. The third-order valence-corrected chi connectivity index (χ3v) is 5.66. The van der Waals surface area contributed by atoms with Crippen LogP contribution in [-0.2, 0) is 25.5 Å². The number of aryl methyl sites for hydroxylation is 2. The van der Waals surface area contributed by atoms with Crippen LogP contribution >= 0.6 is 12.2 Å². The first-order chi connectivity index (χ1) is 16.4. The van der Waals surface area contributed by atoms with Crippen LogP contribution < -0.4 is 16.0 Å². The highest BCUT2D eigenvalue weighted by Gasteiger charge is 2.29. The first kappa shape index (κ1) is 25.4. The minimum atomic E-state index is -0.304. The van der Waals surface area contributed by atoms with Gasteiger partial charge in [-0.1, -0.05) is 36.4 Å². The maximum Gasteiger partial charge on any atom is 0.305 e. The highest BCUT2D eigenvalue weighted by Crippen LogP contribution is 2.31. The first-order valence-electron chi connectivity index (χ1n) is 11.6. The van der Waals surface area contributed by atoms with Gasteiger partial charge in [0.15, 0.2) is 5.11 Å². The molecular weight excluding hydrogens is 450 g/mol. The fourth-order valence-corrected chi connectivity index (χ4v) is 3.57. The topological polar surface area (TPSA) is 96.5 Å². The lowest BCUT2D eigenvalue weighted by Crippen LogP contribution is -2.34. The van der Waals surface area contributed by atoms with Crippen LogP contribution in [0.15, 0.2) is 48.5 Å². The largest absolute Gasteiger partial charge is 0.466 e. The molecule has 180 valence electrons. The van der Waals surface area contributed by atoms with Gasteiger partial charge < -0.3 is 20.7 Å². The number of carbonyl (C=O) groups is 3. The minimum absolute atomic E-state index is 0.0332. The van der Waals surface area contributed by atoms with E-state index in [1.807, 2.05) is 49.4 Å². The fraction of sp³-hybridized carbons (Fsp3) is 0.385. The number of ether oxygens (including phenoxy) is 1. The van der Waals surface area contributed by atoms with Gasteiger partial charge in [-0.15, -0.1) is 0 Å². The molecule has 2 aromatic carbocycles. The van der Waals surface area contributed by atoms with E-state index in [1.54, 1.807) is 6.07 Å². The summed E-state index contributed by atoms with van der Waals surface area (Å²) in [5.41, 5.74) is 3.55. The van der Waals surface area contributed by atoms with E-state index in [2.05, 4.69) is 16.0 Å². The van der Waals surface area contributed by atoms with Crippen molar-refractivity contribution < 1.29 is 19.1 Å². The van der Waals surface area contributed by atoms with Crippen LogP contribution in [0.3, 0.4) is 0 Å². The molecule has 0 atom stereocenters. The Hall–Kier alpha value is -3.26. The van der Waals surface area contributed by atoms with Crippen molar-refractivity contribution in [2.45, 2.75) is 51.9 Å². The van der Waals surface area contributed by atoms with Gasteiger partial charge in [0.05, 0.1) is 6.61 Å². The number of amides is 2. The molecule has 34 heavy (non-hydrogen) atoms. The molecule has 0 unspecified atom stereocenters. The van der Waals surface area contributed by atoms with Crippen molar-refractivity contribution >= 4 is 46.5 Å². The van der Waals surface area contributed by atoms with Crippen LogP contribution in [-0.4, -0.2) is 29.5 Å². The summed E-state index contributed by atoms with van der Waals surface area (Å²) < 4.78 is 5.23. The van der Waals surface area contributed by atoms with Crippen LogP contribution in [0, 0.1) is 12.8 Å². The molecule has 1 aliphatic carbocycles. The average Bonchev–Trinajstić information content (AvgIpc) is 3.65. The molecular formula is C26H31N3O4S. The van der Waals surface area contributed by atoms with E-state index < -0.39 is 0 Å². The van der Waals surface area contributed by atoms with Crippen molar-refractivity contribution in [1.29, 1.82) is 0 Å². The quantitative estimate of drug-likeness (QED) is 0.248. The smallest absolute Gasteiger partial charge is 0.305 e. The maximum atomic E-state index is 12.1. The maximum absolute atomic E-state index is 12.1. The molecule has 3 N–H and O–H groups in total. The van der Waals surface area contributed by atoms with Gasteiger partial charge >= 0.3 is 5.97 Å². The summed E-state index contributed by atoms with van der Waals surface area (Å²) in [4.78, 5) is 36.0. The molecule has 0 spiro atoms. The molecule has 0 aliphatic heterocycles. The summed E-state index contributed by atoms with van der Waals surface area (Å²) in [5.74, 6) is -0.431. The molecule has 0 heterocycles. The van der Waals surface area contributed by atoms with Gasteiger partial charge in [-0.2, -0.15) is 0 Å². The Balaban J connectivity index is 1.30. The zero-order chi connectivity index (χ0) is 24.3. The first-order valence-corrected chi connectivity index (χ1v) is 12.0. The number of hydrogen-bond acceptors (Lipinski definition) is 5. The lowest BCUT2D eigenvalue weighted by molar-refractivity contribution is -0.143. The van der Waals surface area contributed by atoms with Crippen LogP contribution in [0.2, 0.25) is 0 Å². The lowest BCUT2D eigenvalue weighted by atomic mass is 10.1. The number of rotatable bonds is 11. The zero-order valence-electron chi connectivity index (χ0n) is 19.4. The van der Waals surface area contributed by atoms with Crippen molar-refractivity contribution in [3.8, 4) is 0 Å². The second-order valence-electron chi connectivity index (χ2n) is 8.46. The van der Waals surface area contributed by atoms with Gasteiger partial charge in [0, 0.05) is 30.1 Å². The summed E-state index contributed by atoms with van der Waals surface area (Å²) in [7, 11) is 0. The Morgan fingerprint density at radius 3 is 2.50 bits per heavy atom. The molecule has 0 radical (unpaired) electrons. The average molecular weight is 482 g/mol. The molecule has 7 nitrogen and oxygen atoms in total. The second kappa shape index (κ2) is 12.8. The Labute approximate surface area is 205 Å². The monoisotopic (exact) mass is 481 g/mol. The highest BCUT2D eigenvalue weighted by atomic mass is 32.1. The normalized spacial score (nSPS) is 12.5. The Kier molecular flexibility index (Phi) is 9.58. The van der Waals surface area contributed by atoms with E-state index in [9.17, 15) is 14.4 Å². The predicted molar refractivity (Wildman–Crippen MR) is 136 cm³/mol. The number of esters is 1. The molecule has 0 aromatic heterocycles. The lowest BCUT2D eigenvalue weighted by Gasteiger charge is -2.13. The van der Waals surface area contributed by atoms with Gasteiger partial charge in [-0.3, -0.25) is 14.4 Å². The van der Waals surface area contributed by atoms with Crippen LogP contribution in [0.4, 0.5) is 11.4 Å². The van der Waals surface area contributed by atoms with Crippen LogP contribution in [0.1, 0.15) is 49.7 Å². The molecule has 0 saturated heterocycles. The minimum Gasteiger partial charge on any atom is -0.466 e. The molecule has 8 heteroatoms. The van der Waals surface area contributed by atoms with Crippen molar-refractivity contribution in [3.05, 3.63) is 59.7 Å². The third-order valence-electron chi connectivity index (χ3n) is 5.45. The van der Waals surface area contributed by atoms with Crippen molar-refractivity contribution in [3.63, 3.8) is 0 Å². The zero-order valence-corrected chi connectivity index (χ0v) is 20.2. The van der Waals surface area contributed by atoms with Gasteiger partial charge in [-0.05, 0) is 74.5 Å². The van der Waals surface area contributed by atoms with Gasteiger partial charge in [-0.25, -0.2) is 0 Å². The summed E-state index contributed by atoms with van der Waals surface area (Å²) in [6, 6.07) is 15.5. The standard InChI is InChI=1S/C26H31N3O4S/c1-18-12-15-21(17-22(18)28-25(32)20-13-14-20)27-26(34)29-23(30)10-5-11-24(31)33-16-6-9-19-7-3-2-4-8-19/h2-4,7-8,12,15,17,20H,5-6,9-11,13-14,16H2,1H3,(H,28,32)(H2,27,29,30,34). The summed E-state index contributed by atoms with van der Waals surface area (Å²) in [6.07, 6.45) is 4.22. The number of benzene rings is 2. The van der Waals surface area contributed by atoms with Crippen molar-refractivity contribution in [2.75, 3.05) is 17.2 Å². The number of anilines is 2. The SMILES string of the molecule is Cc1ccc(NC(=S)NC(=O)CCCC(=O)OCCCc2ccccc2)cc1NC(=O)C1CC1. The fourth-order valence-electron chi connectivity index (χ4n) is 3.34. The van der Waals surface area contributed by atoms with Crippen molar-refractivity contribution in [1.82, 2.24) is 5.32 Å². The molecule has 2 amide bonds. The van der Waals surface area contributed by atoms with E-state index in [4.69, 9.17) is 17.0 Å². The van der Waals surface area contributed by atoms with Crippen LogP contribution in [0.25, 0.3) is 0 Å². The number of nitrogens with one attached hydrogen (secondary N) is 3. The number of carbonyl (C=O) groups excluding carboxylic acids is 3. The van der Waals surface area contributed by atoms with E-state index in [0.717, 1.165) is 36.9 Å². The number of thiocarbonyl (C=S) groups is 1. The molecule has 0 bridgehead atoms. The molecule has 1 aliphatic rings. The predicted octanol–water partition coefficient (Wildman–Crippen LogP) is 4.50. The molecule has 2 aromatic rings. The third kappa shape index (κ3) is 8.94. The van der Waals surface area contributed by atoms with Crippen molar-refractivity contribution in [2.24, 2.45) is 5.92 Å². The highest BCUT2D eigenvalue weighted by molar-refractivity contribution is 7.80. The van der Waals surface area contributed by atoms with E-state index in [-0.39, 0.29) is 41.7 Å². The van der Waals surface area contributed by atoms with E-state index in [1.165, 1.54) is 5.56 Å². The molecule has 1 saturated carbocycles. The summed E-state index contributed by atoms with van der Waals surface area (Å²) in [6.45, 7) is 2.29. The van der Waals surface area contributed by atoms with E-state index in [0.29, 0.717) is 18.7 Å². The molecule has 1 fully saturated rings. The Morgan fingerprint density at radius 2 is 1.76 bits per heavy atom. The number of hydrogen-bond donors (Lipinski definition) is 3. The van der Waals surface area contributed by atoms with Gasteiger partial charge in [0.1, 0.15) is 0 Å². The summed E-state index contributed by atoms with van der Waals surface area (Å²) >= 11 is 5.22.